The van der Waals surface area contributed by atoms with E-state index in [1.165, 1.54) is 19.3 Å². The van der Waals surface area contributed by atoms with E-state index in [1.54, 1.807) is 4.57 Å². The number of hydrogen-bond acceptors (Lipinski definition) is 3. The molecule has 20 heavy (non-hydrogen) atoms. The van der Waals surface area contributed by atoms with Gasteiger partial charge >= 0.3 is 5.76 Å². The summed E-state index contributed by atoms with van der Waals surface area (Å²) in [6.45, 7) is 4.76. The van der Waals surface area contributed by atoms with Crippen molar-refractivity contribution in [3.63, 3.8) is 0 Å². The number of hydrogen-bond donors (Lipinski definition) is 1. The fourth-order valence-electron chi connectivity index (χ4n) is 2.57. The minimum atomic E-state index is -0.295. The first kappa shape index (κ1) is 14.9. The van der Waals surface area contributed by atoms with E-state index in [0.717, 1.165) is 23.9 Å². The highest BCUT2D eigenvalue weighted by molar-refractivity contribution is 5.73. The van der Waals surface area contributed by atoms with Crippen molar-refractivity contribution in [1.29, 1.82) is 0 Å². The van der Waals surface area contributed by atoms with Crippen LogP contribution in [0.3, 0.4) is 0 Å². The molecule has 1 heterocycles. The molecule has 0 aliphatic heterocycles. The number of aryl methyl sites for hydroxylation is 1. The van der Waals surface area contributed by atoms with Crippen molar-refractivity contribution in [2.75, 3.05) is 0 Å². The standard InChI is InChI=1S/C16H24N2O2/c1-3-5-6-7-8-13(17)12-9-10-14-15(11-12)20-16(19)18(14)4-2/h9-11,13H,3-8,17H2,1-2H3. The van der Waals surface area contributed by atoms with Gasteiger partial charge in [-0.25, -0.2) is 4.79 Å². The van der Waals surface area contributed by atoms with Crippen molar-refractivity contribution in [2.45, 2.75) is 58.5 Å². The molecule has 1 aromatic carbocycles. The van der Waals surface area contributed by atoms with E-state index in [4.69, 9.17) is 10.2 Å². The van der Waals surface area contributed by atoms with Crippen LogP contribution < -0.4 is 11.5 Å². The molecule has 0 bridgehead atoms. The van der Waals surface area contributed by atoms with Gasteiger partial charge in [-0.15, -0.1) is 0 Å². The lowest BCUT2D eigenvalue weighted by molar-refractivity contribution is 0.512. The summed E-state index contributed by atoms with van der Waals surface area (Å²) in [5.41, 5.74) is 8.75. The van der Waals surface area contributed by atoms with Crippen LogP contribution in [-0.4, -0.2) is 4.57 Å². The lowest BCUT2D eigenvalue weighted by Gasteiger charge is -2.11. The topological polar surface area (TPSA) is 61.2 Å². The molecule has 4 heteroatoms. The highest BCUT2D eigenvalue weighted by atomic mass is 16.4. The van der Waals surface area contributed by atoms with Crippen molar-refractivity contribution in [3.8, 4) is 0 Å². The summed E-state index contributed by atoms with van der Waals surface area (Å²) in [5, 5.41) is 0. The van der Waals surface area contributed by atoms with Gasteiger partial charge in [-0.1, -0.05) is 38.7 Å². The number of oxazole rings is 1. The molecule has 4 nitrogen and oxygen atoms in total. The Morgan fingerprint density at radius 3 is 2.75 bits per heavy atom. The van der Waals surface area contributed by atoms with Crippen LogP contribution in [0.25, 0.3) is 11.1 Å². The minimum absolute atomic E-state index is 0.0199. The van der Waals surface area contributed by atoms with Crippen LogP contribution in [0.15, 0.2) is 27.4 Å². The third-order valence-electron chi connectivity index (χ3n) is 3.81. The molecular weight excluding hydrogens is 252 g/mol. The van der Waals surface area contributed by atoms with Crippen LogP contribution in [0, 0.1) is 0 Å². The quantitative estimate of drug-likeness (QED) is 0.786. The van der Waals surface area contributed by atoms with Gasteiger partial charge in [0.1, 0.15) is 0 Å². The van der Waals surface area contributed by atoms with Crippen LogP contribution in [-0.2, 0) is 6.54 Å². The number of aromatic nitrogens is 1. The molecule has 1 atom stereocenters. The van der Waals surface area contributed by atoms with E-state index < -0.39 is 0 Å². The number of nitrogens with zero attached hydrogens (tertiary/aromatic N) is 1. The third kappa shape index (κ3) is 3.12. The second kappa shape index (κ2) is 6.75. The summed E-state index contributed by atoms with van der Waals surface area (Å²) in [5.74, 6) is -0.295. The van der Waals surface area contributed by atoms with E-state index in [-0.39, 0.29) is 11.8 Å². The zero-order valence-electron chi connectivity index (χ0n) is 12.4. The maximum atomic E-state index is 11.7. The molecule has 0 saturated carbocycles. The highest BCUT2D eigenvalue weighted by Crippen LogP contribution is 2.22. The van der Waals surface area contributed by atoms with E-state index in [1.807, 2.05) is 25.1 Å². The van der Waals surface area contributed by atoms with Gasteiger partial charge in [0.05, 0.1) is 5.52 Å². The summed E-state index contributed by atoms with van der Waals surface area (Å²) < 4.78 is 6.91. The second-order valence-corrected chi connectivity index (χ2v) is 5.30. The fraction of sp³-hybridized carbons (Fsp3) is 0.562. The zero-order chi connectivity index (χ0) is 14.5. The molecular formula is C16H24N2O2. The van der Waals surface area contributed by atoms with E-state index in [2.05, 4.69) is 6.92 Å². The molecule has 0 saturated heterocycles. The average molecular weight is 276 g/mol. The number of fused-ring (bicyclic) bond motifs is 1. The largest absolute Gasteiger partial charge is 0.419 e. The van der Waals surface area contributed by atoms with Crippen molar-refractivity contribution in [3.05, 3.63) is 34.3 Å². The Balaban J connectivity index is 2.13. The number of benzene rings is 1. The molecule has 110 valence electrons. The molecule has 0 radical (unpaired) electrons. The maximum Gasteiger partial charge on any atom is 0.419 e. The van der Waals surface area contributed by atoms with E-state index in [9.17, 15) is 4.79 Å². The van der Waals surface area contributed by atoms with Gasteiger partial charge in [-0.3, -0.25) is 4.57 Å². The molecule has 2 rings (SSSR count). The van der Waals surface area contributed by atoms with Gasteiger partial charge in [-0.05, 0) is 31.0 Å². The summed E-state index contributed by atoms with van der Waals surface area (Å²) in [7, 11) is 0. The monoisotopic (exact) mass is 276 g/mol. The van der Waals surface area contributed by atoms with Gasteiger partial charge in [0, 0.05) is 12.6 Å². The molecule has 0 aliphatic rings. The molecule has 2 N–H and O–H groups in total. The van der Waals surface area contributed by atoms with Crippen molar-refractivity contribution in [1.82, 2.24) is 4.57 Å². The molecule has 0 spiro atoms. The smallest absolute Gasteiger partial charge is 0.408 e. The Bertz CT molecular complexity index is 612. The highest BCUT2D eigenvalue weighted by Gasteiger charge is 2.11. The Morgan fingerprint density at radius 2 is 2.05 bits per heavy atom. The van der Waals surface area contributed by atoms with Crippen LogP contribution in [0.4, 0.5) is 0 Å². The lowest BCUT2D eigenvalue weighted by atomic mass is 10.0. The summed E-state index contributed by atoms with van der Waals surface area (Å²) in [6.07, 6.45) is 5.85. The van der Waals surface area contributed by atoms with Crippen LogP contribution in [0.1, 0.15) is 57.6 Å². The normalized spacial score (nSPS) is 12.9. The van der Waals surface area contributed by atoms with Crippen molar-refractivity contribution in [2.24, 2.45) is 5.73 Å². The van der Waals surface area contributed by atoms with Gasteiger partial charge in [0.15, 0.2) is 5.58 Å². The average Bonchev–Trinajstić information content (AvgIpc) is 2.77. The molecule has 0 fully saturated rings. The number of nitrogens with two attached hydrogens (primary N) is 1. The molecule has 2 aromatic rings. The first-order chi connectivity index (χ1) is 9.67. The van der Waals surface area contributed by atoms with Gasteiger partial charge in [0.2, 0.25) is 0 Å². The molecule has 1 unspecified atom stereocenters. The van der Waals surface area contributed by atoms with Gasteiger partial charge in [0.25, 0.3) is 0 Å². The second-order valence-electron chi connectivity index (χ2n) is 5.30. The Kier molecular flexibility index (Phi) is 5.01. The van der Waals surface area contributed by atoms with Crippen molar-refractivity contribution < 1.29 is 4.42 Å². The minimum Gasteiger partial charge on any atom is -0.408 e. The number of unbranched alkanes of at least 4 members (excludes halogenated alkanes) is 3. The predicted molar refractivity (Wildman–Crippen MR) is 81.8 cm³/mol. The Morgan fingerprint density at radius 1 is 1.25 bits per heavy atom. The van der Waals surface area contributed by atoms with Crippen molar-refractivity contribution >= 4 is 11.1 Å². The first-order valence-electron chi connectivity index (χ1n) is 7.56. The summed E-state index contributed by atoms with van der Waals surface area (Å²) in [4.78, 5) is 11.7. The fourth-order valence-corrected chi connectivity index (χ4v) is 2.57. The van der Waals surface area contributed by atoms with E-state index in [0.29, 0.717) is 12.1 Å². The molecule has 0 amide bonds. The van der Waals surface area contributed by atoms with Gasteiger partial charge in [-0.2, -0.15) is 0 Å². The Hall–Kier alpha value is -1.55. The van der Waals surface area contributed by atoms with Crippen LogP contribution in [0.2, 0.25) is 0 Å². The third-order valence-corrected chi connectivity index (χ3v) is 3.81. The molecule has 1 aromatic heterocycles. The molecule has 0 aliphatic carbocycles. The van der Waals surface area contributed by atoms with Crippen LogP contribution in [0.5, 0.6) is 0 Å². The number of rotatable bonds is 7. The summed E-state index contributed by atoms with van der Waals surface area (Å²) in [6, 6.07) is 5.87. The Labute approximate surface area is 119 Å². The van der Waals surface area contributed by atoms with Gasteiger partial charge < -0.3 is 10.2 Å². The van der Waals surface area contributed by atoms with Crippen LogP contribution >= 0.6 is 0 Å². The van der Waals surface area contributed by atoms with E-state index >= 15 is 0 Å². The zero-order valence-corrected chi connectivity index (χ0v) is 12.4. The maximum absolute atomic E-state index is 11.7. The summed E-state index contributed by atoms with van der Waals surface area (Å²) >= 11 is 0. The first-order valence-corrected chi connectivity index (χ1v) is 7.56. The predicted octanol–water partition coefficient (Wildman–Crippen LogP) is 3.58. The SMILES string of the molecule is CCCCCCC(N)c1ccc2c(c1)oc(=O)n2CC. The lowest BCUT2D eigenvalue weighted by Crippen LogP contribution is -2.12.